The molecule has 0 radical (unpaired) electrons. The van der Waals surface area contributed by atoms with Gasteiger partial charge in [0.2, 0.25) is 11.8 Å². The number of hydrogen-bond acceptors (Lipinski definition) is 4. The van der Waals surface area contributed by atoms with Crippen LogP contribution in [0.1, 0.15) is 50.2 Å². The molecular formula is C22H32N4O4S. The molecule has 1 N–H and O–H groups in total. The van der Waals surface area contributed by atoms with Crippen molar-refractivity contribution >= 4 is 27.7 Å². The first-order valence-electron chi connectivity index (χ1n) is 11.3. The van der Waals surface area contributed by atoms with Crippen LogP contribution in [0.2, 0.25) is 0 Å². The van der Waals surface area contributed by atoms with Crippen LogP contribution >= 0.6 is 0 Å². The van der Waals surface area contributed by atoms with Gasteiger partial charge in [-0.15, -0.1) is 0 Å². The molecule has 3 aliphatic rings. The monoisotopic (exact) mass is 448 g/mol. The number of nitrogens with one attached hydrogen (secondary N) is 1. The molecule has 1 aromatic rings. The third-order valence-electron chi connectivity index (χ3n) is 6.58. The van der Waals surface area contributed by atoms with Crippen LogP contribution in [0.25, 0.3) is 0 Å². The molecule has 2 saturated heterocycles. The molecule has 3 heterocycles. The van der Waals surface area contributed by atoms with Crippen LogP contribution in [0, 0.1) is 5.92 Å². The molecule has 0 spiro atoms. The molecule has 3 aliphatic heterocycles. The molecule has 2 fully saturated rings. The second kappa shape index (κ2) is 9.26. The third-order valence-corrected chi connectivity index (χ3v) is 8.58. The number of carbonyl (C=O) groups is 2. The van der Waals surface area contributed by atoms with Gasteiger partial charge in [0.25, 0.3) is 10.2 Å². The summed E-state index contributed by atoms with van der Waals surface area (Å²) >= 11 is 0. The van der Waals surface area contributed by atoms with Crippen LogP contribution in [0.4, 0.5) is 5.69 Å². The minimum Gasteiger partial charge on any atom is -0.352 e. The Labute approximate surface area is 184 Å². The summed E-state index contributed by atoms with van der Waals surface area (Å²) in [6.07, 6.45) is 4.53. The summed E-state index contributed by atoms with van der Waals surface area (Å²) < 4.78 is 28.7. The van der Waals surface area contributed by atoms with Gasteiger partial charge in [0.05, 0.1) is 5.92 Å². The lowest BCUT2D eigenvalue weighted by molar-refractivity contribution is -0.126. The summed E-state index contributed by atoms with van der Waals surface area (Å²) in [7, 11) is -3.46. The summed E-state index contributed by atoms with van der Waals surface area (Å²) in [6, 6.07) is 5.97. The maximum Gasteiger partial charge on any atom is 0.281 e. The van der Waals surface area contributed by atoms with Gasteiger partial charge in [0.15, 0.2) is 0 Å². The van der Waals surface area contributed by atoms with Crippen molar-refractivity contribution in [1.82, 2.24) is 13.9 Å². The molecule has 1 atom stereocenters. The zero-order valence-corrected chi connectivity index (χ0v) is 19.0. The summed E-state index contributed by atoms with van der Waals surface area (Å²) in [5, 5.41) is 2.99. The Morgan fingerprint density at radius 3 is 2.55 bits per heavy atom. The number of fused-ring (bicyclic) bond motifs is 1. The number of hydrogen-bond donors (Lipinski definition) is 1. The van der Waals surface area contributed by atoms with Crippen molar-refractivity contribution in [2.45, 2.75) is 52.0 Å². The van der Waals surface area contributed by atoms with Gasteiger partial charge >= 0.3 is 0 Å². The van der Waals surface area contributed by atoms with E-state index in [2.05, 4.69) is 11.4 Å². The molecule has 0 aliphatic carbocycles. The van der Waals surface area contributed by atoms with Gasteiger partial charge in [0, 0.05) is 51.4 Å². The Kier molecular flexibility index (Phi) is 6.64. The quantitative estimate of drug-likeness (QED) is 0.717. The average molecular weight is 449 g/mol. The maximum absolute atomic E-state index is 12.8. The Bertz CT molecular complexity index is 943. The number of nitrogens with zero attached hydrogens (tertiary/aromatic N) is 3. The lowest BCUT2D eigenvalue weighted by atomic mass is 9.98. The summed E-state index contributed by atoms with van der Waals surface area (Å²) in [5.74, 6) is -0.284. The van der Waals surface area contributed by atoms with Crippen LogP contribution in [-0.2, 0) is 32.8 Å². The number of carbonyl (C=O) groups excluding carboxylic acids is 2. The van der Waals surface area contributed by atoms with Gasteiger partial charge in [-0.3, -0.25) is 9.59 Å². The van der Waals surface area contributed by atoms with Gasteiger partial charge in [-0.05, 0) is 49.3 Å². The molecule has 8 nitrogen and oxygen atoms in total. The van der Waals surface area contributed by atoms with E-state index in [1.165, 1.54) is 4.31 Å². The largest absolute Gasteiger partial charge is 0.352 e. The molecule has 170 valence electrons. The first-order chi connectivity index (χ1) is 14.9. The number of rotatable bonds is 6. The Morgan fingerprint density at radius 2 is 1.81 bits per heavy atom. The second-order valence-electron chi connectivity index (χ2n) is 8.64. The minimum atomic E-state index is -3.46. The van der Waals surface area contributed by atoms with E-state index in [-0.39, 0.29) is 24.3 Å². The third kappa shape index (κ3) is 4.63. The number of piperidine rings is 1. The fourth-order valence-corrected chi connectivity index (χ4v) is 6.57. The van der Waals surface area contributed by atoms with E-state index in [0.29, 0.717) is 52.0 Å². The minimum absolute atomic E-state index is 0.0930. The van der Waals surface area contributed by atoms with Crippen molar-refractivity contribution in [3.63, 3.8) is 0 Å². The smallest absolute Gasteiger partial charge is 0.281 e. The summed E-state index contributed by atoms with van der Waals surface area (Å²) in [5.41, 5.74) is 3.10. The lowest BCUT2D eigenvalue weighted by Gasteiger charge is -2.33. The Hall–Kier alpha value is -1.97. The van der Waals surface area contributed by atoms with Crippen molar-refractivity contribution in [2.75, 3.05) is 37.6 Å². The van der Waals surface area contributed by atoms with Crippen LogP contribution in [0.3, 0.4) is 0 Å². The molecule has 0 bridgehead atoms. The fourth-order valence-electron chi connectivity index (χ4n) is 4.80. The molecule has 31 heavy (non-hydrogen) atoms. The van der Waals surface area contributed by atoms with Gasteiger partial charge in [0.1, 0.15) is 0 Å². The zero-order valence-electron chi connectivity index (χ0n) is 18.2. The van der Waals surface area contributed by atoms with E-state index in [4.69, 9.17) is 0 Å². The lowest BCUT2D eigenvalue weighted by Crippen LogP contribution is -2.49. The standard InChI is InChI=1S/C22H32N4O4S/c1-2-21(27)26-13-9-18-14-17(7-8-20(18)26)15-23-22(28)19-6-5-12-25(16-19)31(29,30)24-10-3-4-11-24/h7-8,14,19H,2-6,9-13,15-16H2,1H3,(H,23,28)/t19-/m1/s1. The molecule has 0 aromatic heterocycles. The first-order valence-corrected chi connectivity index (χ1v) is 12.7. The van der Waals surface area contributed by atoms with Gasteiger partial charge < -0.3 is 10.2 Å². The second-order valence-corrected chi connectivity index (χ2v) is 10.6. The van der Waals surface area contributed by atoms with E-state index in [1.54, 1.807) is 4.31 Å². The van der Waals surface area contributed by atoms with E-state index in [0.717, 1.165) is 36.1 Å². The van der Waals surface area contributed by atoms with Gasteiger partial charge in [-0.2, -0.15) is 17.0 Å². The molecule has 9 heteroatoms. The van der Waals surface area contributed by atoms with Crippen molar-refractivity contribution in [3.05, 3.63) is 29.3 Å². The predicted octanol–water partition coefficient (Wildman–Crippen LogP) is 1.65. The Balaban J connectivity index is 1.34. The van der Waals surface area contributed by atoms with E-state index in [9.17, 15) is 18.0 Å². The first kappa shape index (κ1) is 22.2. The van der Waals surface area contributed by atoms with Crippen LogP contribution in [0.5, 0.6) is 0 Å². The fraction of sp³-hybridized carbons (Fsp3) is 0.636. The summed E-state index contributed by atoms with van der Waals surface area (Å²) in [4.78, 5) is 26.7. The topological polar surface area (TPSA) is 90.0 Å². The number of amides is 2. The van der Waals surface area contributed by atoms with E-state index < -0.39 is 10.2 Å². The highest BCUT2D eigenvalue weighted by Gasteiger charge is 2.36. The number of anilines is 1. The predicted molar refractivity (Wildman–Crippen MR) is 119 cm³/mol. The van der Waals surface area contributed by atoms with Crippen LogP contribution in [0.15, 0.2) is 18.2 Å². The van der Waals surface area contributed by atoms with Crippen molar-refractivity contribution in [3.8, 4) is 0 Å². The molecule has 1 aromatic carbocycles. The SMILES string of the molecule is CCC(=O)N1CCc2cc(CNC(=O)[C@@H]3CCCN(S(=O)(=O)N4CCCC4)C3)ccc21. The maximum atomic E-state index is 12.8. The molecule has 2 amide bonds. The Morgan fingerprint density at radius 1 is 1.06 bits per heavy atom. The highest BCUT2D eigenvalue weighted by atomic mass is 32.2. The van der Waals surface area contributed by atoms with Crippen molar-refractivity contribution < 1.29 is 18.0 Å². The van der Waals surface area contributed by atoms with Crippen molar-refractivity contribution in [2.24, 2.45) is 5.92 Å². The van der Waals surface area contributed by atoms with E-state index >= 15 is 0 Å². The highest BCUT2D eigenvalue weighted by Crippen LogP contribution is 2.29. The molecule has 0 saturated carbocycles. The average Bonchev–Trinajstić information content (AvgIpc) is 3.47. The highest BCUT2D eigenvalue weighted by molar-refractivity contribution is 7.86. The zero-order chi connectivity index (χ0) is 22.0. The number of benzene rings is 1. The molecule has 0 unspecified atom stereocenters. The van der Waals surface area contributed by atoms with Crippen LogP contribution < -0.4 is 10.2 Å². The van der Waals surface area contributed by atoms with Gasteiger partial charge in [-0.1, -0.05) is 19.1 Å². The molecule has 4 rings (SSSR count). The summed E-state index contributed by atoms with van der Waals surface area (Å²) in [6.45, 7) is 4.88. The normalized spacial score (nSPS) is 22.5. The van der Waals surface area contributed by atoms with Crippen LogP contribution in [-0.4, -0.2) is 61.6 Å². The van der Waals surface area contributed by atoms with E-state index in [1.807, 2.05) is 24.0 Å². The molecular weight excluding hydrogens is 416 g/mol. The van der Waals surface area contributed by atoms with Crippen molar-refractivity contribution in [1.29, 1.82) is 0 Å². The van der Waals surface area contributed by atoms with Gasteiger partial charge in [-0.25, -0.2) is 0 Å².